The lowest BCUT2D eigenvalue weighted by Gasteiger charge is -2.09. The smallest absolute Gasteiger partial charge is 0.156 e. The van der Waals surface area contributed by atoms with Crippen molar-refractivity contribution in [1.82, 2.24) is 19.4 Å². The molecule has 0 aliphatic rings. The number of benzene rings is 1. The Bertz CT molecular complexity index is 1160. The zero-order valence-electron chi connectivity index (χ0n) is 14.1. The van der Waals surface area contributed by atoms with Gasteiger partial charge in [-0.25, -0.2) is 15.0 Å². The predicted octanol–water partition coefficient (Wildman–Crippen LogP) is 3.51. The monoisotopic (exact) mass is 375 g/mol. The molecule has 0 bridgehead atoms. The fourth-order valence-corrected chi connectivity index (χ4v) is 3.12. The molecule has 0 saturated heterocycles. The molecule has 0 unspecified atom stereocenters. The van der Waals surface area contributed by atoms with Crippen LogP contribution in [0, 0.1) is 11.3 Å². The summed E-state index contributed by atoms with van der Waals surface area (Å²) in [6.07, 6.45) is 3.24. The maximum absolute atomic E-state index is 9.29. The number of nitrogens with two attached hydrogens (primary N) is 1. The van der Waals surface area contributed by atoms with E-state index >= 15 is 0 Å². The van der Waals surface area contributed by atoms with E-state index in [4.69, 9.17) is 22.3 Å². The Morgan fingerprint density at radius 2 is 1.96 bits per heavy atom. The minimum atomic E-state index is 0.135. The summed E-state index contributed by atoms with van der Waals surface area (Å²) in [5.74, 6) is 0.503. The average Bonchev–Trinajstić information content (AvgIpc) is 3.07. The number of nitrogen functional groups attached to an aromatic ring is 1. The molecule has 3 heterocycles. The van der Waals surface area contributed by atoms with E-state index in [-0.39, 0.29) is 11.4 Å². The minimum absolute atomic E-state index is 0.135. The van der Waals surface area contributed by atoms with Crippen molar-refractivity contribution in [3.63, 3.8) is 0 Å². The van der Waals surface area contributed by atoms with Crippen LogP contribution in [0.25, 0.3) is 16.9 Å². The summed E-state index contributed by atoms with van der Waals surface area (Å²) in [6, 6.07) is 15.6. The third kappa shape index (κ3) is 3.03. The first-order chi connectivity index (χ1) is 13.2. The van der Waals surface area contributed by atoms with Crippen LogP contribution in [0.1, 0.15) is 11.3 Å². The second-order valence-corrected chi connectivity index (χ2v) is 6.18. The summed E-state index contributed by atoms with van der Waals surface area (Å²) in [7, 11) is 0. The topological polar surface area (TPSA) is 105 Å². The maximum atomic E-state index is 9.29. The molecule has 0 saturated carbocycles. The Morgan fingerprint density at radius 3 is 2.74 bits per heavy atom. The Kier molecular flexibility index (Phi) is 4.32. The Hall–Kier alpha value is -3.63. The summed E-state index contributed by atoms with van der Waals surface area (Å²) >= 11 is 6.33. The zero-order valence-corrected chi connectivity index (χ0v) is 14.9. The zero-order chi connectivity index (χ0) is 18.8. The third-order valence-corrected chi connectivity index (χ3v) is 4.43. The summed E-state index contributed by atoms with van der Waals surface area (Å²) < 4.78 is 1.95. The first-order valence-corrected chi connectivity index (χ1v) is 8.52. The lowest BCUT2D eigenvalue weighted by atomic mass is 10.1. The first-order valence-electron chi connectivity index (χ1n) is 8.14. The number of halogens is 1. The molecule has 3 aromatic heterocycles. The first kappa shape index (κ1) is 16.8. The van der Waals surface area contributed by atoms with E-state index in [9.17, 15) is 5.26 Å². The van der Waals surface area contributed by atoms with Gasteiger partial charge < -0.3 is 11.1 Å². The second kappa shape index (κ2) is 6.94. The van der Waals surface area contributed by atoms with E-state index in [1.54, 1.807) is 6.07 Å². The molecule has 0 atom stereocenters. The second-order valence-electron chi connectivity index (χ2n) is 5.77. The van der Waals surface area contributed by atoms with Crippen LogP contribution < -0.4 is 11.1 Å². The molecule has 0 aliphatic carbocycles. The van der Waals surface area contributed by atoms with Crippen molar-refractivity contribution in [2.45, 2.75) is 6.54 Å². The highest BCUT2D eigenvalue weighted by Gasteiger charge is 2.17. The van der Waals surface area contributed by atoms with Gasteiger partial charge in [-0.1, -0.05) is 41.9 Å². The third-order valence-electron chi connectivity index (χ3n) is 4.13. The quantitative estimate of drug-likeness (QED) is 0.565. The molecule has 27 heavy (non-hydrogen) atoms. The van der Waals surface area contributed by atoms with Crippen molar-refractivity contribution in [3.05, 3.63) is 71.3 Å². The molecule has 1 aromatic carbocycles. The van der Waals surface area contributed by atoms with Crippen molar-refractivity contribution in [2.24, 2.45) is 0 Å². The highest BCUT2D eigenvalue weighted by Crippen LogP contribution is 2.29. The van der Waals surface area contributed by atoms with Gasteiger partial charge in [-0.3, -0.25) is 4.40 Å². The molecule has 0 aliphatic heterocycles. The van der Waals surface area contributed by atoms with Gasteiger partial charge in [0.05, 0.1) is 23.0 Å². The van der Waals surface area contributed by atoms with E-state index < -0.39 is 0 Å². The molecule has 132 valence electrons. The van der Waals surface area contributed by atoms with Crippen LogP contribution in [0.2, 0.25) is 5.02 Å². The Morgan fingerprint density at radius 1 is 1.15 bits per heavy atom. The molecule has 7 nitrogen and oxygen atoms in total. The summed E-state index contributed by atoms with van der Waals surface area (Å²) in [5, 5.41) is 13.0. The number of hydrogen-bond acceptors (Lipinski definition) is 6. The SMILES string of the molecule is N#Cc1c(N)ncnc1NCc1nc2c(Cl)cccn2c1-c1ccccc1. The molecule has 0 fully saturated rings. The van der Waals surface area contributed by atoms with Gasteiger partial charge >= 0.3 is 0 Å². The Balaban J connectivity index is 1.80. The molecule has 4 aromatic rings. The number of hydrogen-bond donors (Lipinski definition) is 2. The van der Waals surface area contributed by atoms with Crippen molar-refractivity contribution in [2.75, 3.05) is 11.1 Å². The summed E-state index contributed by atoms with van der Waals surface area (Å²) in [4.78, 5) is 12.7. The van der Waals surface area contributed by atoms with Gasteiger partial charge in [-0.05, 0) is 12.1 Å². The fraction of sp³-hybridized carbons (Fsp3) is 0.0526. The van der Waals surface area contributed by atoms with Crippen LogP contribution in [-0.2, 0) is 6.54 Å². The van der Waals surface area contributed by atoms with Gasteiger partial charge in [0.1, 0.15) is 29.6 Å². The molecule has 4 rings (SSSR count). The van der Waals surface area contributed by atoms with E-state index in [2.05, 4.69) is 15.3 Å². The molecule has 8 heteroatoms. The van der Waals surface area contributed by atoms with Crippen LogP contribution in [0.5, 0.6) is 0 Å². The lowest BCUT2D eigenvalue weighted by Crippen LogP contribution is -2.07. The summed E-state index contributed by atoms with van der Waals surface area (Å²) in [5.41, 5.74) is 9.32. The van der Waals surface area contributed by atoms with Gasteiger partial charge in [0.15, 0.2) is 5.65 Å². The van der Waals surface area contributed by atoms with Gasteiger partial charge in [-0.2, -0.15) is 5.26 Å². The van der Waals surface area contributed by atoms with Crippen molar-refractivity contribution in [3.8, 4) is 17.3 Å². The number of pyridine rings is 1. The number of rotatable bonds is 4. The van der Waals surface area contributed by atoms with Crippen molar-refractivity contribution >= 4 is 28.9 Å². The van der Waals surface area contributed by atoms with E-state index in [1.165, 1.54) is 6.33 Å². The van der Waals surface area contributed by atoms with Crippen LogP contribution in [0.3, 0.4) is 0 Å². The molecular weight excluding hydrogens is 362 g/mol. The predicted molar refractivity (Wildman–Crippen MR) is 104 cm³/mol. The molecule has 0 spiro atoms. The maximum Gasteiger partial charge on any atom is 0.156 e. The lowest BCUT2D eigenvalue weighted by molar-refractivity contribution is 1.04. The number of imidazole rings is 1. The Labute approximate surface area is 160 Å². The van der Waals surface area contributed by atoms with Crippen molar-refractivity contribution < 1.29 is 0 Å². The number of anilines is 2. The van der Waals surface area contributed by atoms with Crippen LogP contribution >= 0.6 is 11.6 Å². The minimum Gasteiger partial charge on any atom is -0.382 e. The number of aromatic nitrogens is 4. The molecular formula is C19H14ClN7. The van der Waals surface area contributed by atoms with Crippen molar-refractivity contribution in [1.29, 1.82) is 5.26 Å². The van der Waals surface area contributed by atoms with Gasteiger partial charge in [0.25, 0.3) is 0 Å². The van der Waals surface area contributed by atoms with Gasteiger partial charge in [0, 0.05) is 11.8 Å². The molecule has 3 N–H and O–H groups in total. The van der Waals surface area contributed by atoms with E-state index in [0.29, 0.717) is 23.0 Å². The van der Waals surface area contributed by atoms with Crippen LogP contribution in [0.15, 0.2) is 55.0 Å². The number of nitriles is 1. The van der Waals surface area contributed by atoms with E-state index in [0.717, 1.165) is 17.0 Å². The number of nitrogens with zero attached hydrogens (tertiary/aromatic N) is 5. The normalized spacial score (nSPS) is 10.7. The summed E-state index contributed by atoms with van der Waals surface area (Å²) in [6.45, 7) is 0.341. The number of nitrogens with one attached hydrogen (secondary N) is 1. The molecule has 0 amide bonds. The fourth-order valence-electron chi connectivity index (χ4n) is 2.92. The van der Waals surface area contributed by atoms with E-state index in [1.807, 2.05) is 53.1 Å². The van der Waals surface area contributed by atoms with Gasteiger partial charge in [0.2, 0.25) is 0 Å². The largest absolute Gasteiger partial charge is 0.382 e. The van der Waals surface area contributed by atoms with Crippen LogP contribution in [-0.4, -0.2) is 19.4 Å². The van der Waals surface area contributed by atoms with Crippen LogP contribution in [0.4, 0.5) is 11.6 Å². The highest BCUT2D eigenvalue weighted by molar-refractivity contribution is 6.33. The average molecular weight is 376 g/mol. The number of fused-ring (bicyclic) bond motifs is 1. The standard InChI is InChI=1S/C19H14ClN7/c20-14-7-4-8-27-16(12-5-2-1-3-6-12)15(26-19(14)27)10-23-18-13(9-21)17(22)24-11-25-18/h1-8,11H,10H2,(H3,22,23,24,25). The van der Waals surface area contributed by atoms with Gasteiger partial charge in [-0.15, -0.1) is 0 Å². The molecule has 0 radical (unpaired) electrons. The highest BCUT2D eigenvalue weighted by atomic mass is 35.5.